The van der Waals surface area contributed by atoms with Gasteiger partial charge in [0, 0.05) is 44.4 Å². The van der Waals surface area contributed by atoms with Crippen LogP contribution in [0, 0.1) is 5.92 Å². The molecule has 1 aliphatic carbocycles. The van der Waals surface area contributed by atoms with E-state index >= 15 is 0 Å². The lowest BCUT2D eigenvalue weighted by molar-refractivity contribution is -0.153. The number of anilines is 1. The summed E-state index contributed by atoms with van der Waals surface area (Å²) in [6, 6.07) is -2.71. The van der Waals surface area contributed by atoms with Gasteiger partial charge in [0.25, 0.3) is 11.8 Å². The summed E-state index contributed by atoms with van der Waals surface area (Å²) in [5, 5.41) is 31.7. The number of oxime groups is 1. The molecule has 7 N–H and O–H groups in total. The monoisotopic (exact) mass is 598 g/mol. The van der Waals surface area contributed by atoms with Crippen LogP contribution >= 0.6 is 11.3 Å². The molecule has 18 nitrogen and oxygen atoms in total. The van der Waals surface area contributed by atoms with E-state index in [0.29, 0.717) is 18.2 Å². The van der Waals surface area contributed by atoms with E-state index in [-0.39, 0.29) is 34.5 Å². The number of nitrogens with zero attached hydrogens (tertiary/aromatic N) is 6. The van der Waals surface area contributed by atoms with Crippen molar-refractivity contribution in [2.45, 2.75) is 43.6 Å². The molecule has 2 saturated heterocycles. The molecule has 0 spiro atoms. The number of carbonyl (C=O) groups excluding carboxylic acids is 2. The molecule has 216 valence electrons. The molecular weight excluding hydrogens is 572 g/mol. The average molecular weight is 599 g/mol. The van der Waals surface area contributed by atoms with Crippen LogP contribution in [0.15, 0.2) is 16.7 Å². The predicted octanol–water partition coefficient (Wildman–Crippen LogP) is -2.84. The molecule has 2 aromatic heterocycles. The second-order valence-corrected chi connectivity index (χ2v) is 11.8. The van der Waals surface area contributed by atoms with Gasteiger partial charge in [0.15, 0.2) is 10.8 Å². The lowest BCUT2D eigenvalue weighted by Crippen LogP contribution is -2.73. The standard InChI is InChI=1S/C20H26N10O8S2/c21-19-25-12(9-39-19)14(28-38-20(1-2-20)18(33)34)16(31)26-15-13(30(17(15)32)40(35,36)37)8-29-24-7-11(27-29)6-23-5-10-3-22-4-10/h7,9-10,13,15,22-23H,1-6,8H2,(H2,21,25)(H,26,31)(H,33,34)(H,35,36,37)/t13-,15-/m0/s1. The second-order valence-electron chi connectivity index (χ2n) is 9.58. The highest BCUT2D eigenvalue weighted by molar-refractivity contribution is 7.84. The number of carboxylic acid groups (broad SMARTS) is 1. The molecule has 4 heterocycles. The Bertz CT molecular complexity index is 1450. The Morgan fingerprint density at radius 3 is 2.67 bits per heavy atom. The Morgan fingerprint density at radius 2 is 2.10 bits per heavy atom. The van der Waals surface area contributed by atoms with Gasteiger partial charge in [0.1, 0.15) is 17.8 Å². The fourth-order valence-electron chi connectivity index (χ4n) is 4.11. The Kier molecular flexibility index (Phi) is 7.44. The summed E-state index contributed by atoms with van der Waals surface area (Å²) in [5.74, 6) is -2.84. The molecule has 5 rings (SSSR count). The number of hydrogen-bond donors (Lipinski definition) is 6. The van der Waals surface area contributed by atoms with E-state index in [2.05, 4.69) is 36.3 Å². The number of aliphatic carboxylic acids is 1. The second kappa shape index (κ2) is 10.7. The van der Waals surface area contributed by atoms with Gasteiger partial charge in [-0.2, -0.15) is 23.4 Å². The van der Waals surface area contributed by atoms with Crippen molar-refractivity contribution in [2.75, 3.05) is 25.4 Å². The molecule has 0 radical (unpaired) electrons. The van der Waals surface area contributed by atoms with Crippen LogP contribution in [0.3, 0.4) is 0 Å². The molecule has 40 heavy (non-hydrogen) atoms. The van der Waals surface area contributed by atoms with E-state index in [4.69, 9.17) is 10.6 Å². The number of carboxylic acids is 1. The number of amides is 2. The molecular formula is C20H26N10O8S2. The number of carbonyl (C=O) groups is 3. The van der Waals surface area contributed by atoms with E-state index in [0.717, 1.165) is 35.8 Å². The van der Waals surface area contributed by atoms with Crippen molar-refractivity contribution in [1.82, 2.24) is 40.2 Å². The van der Waals surface area contributed by atoms with E-state index in [1.165, 1.54) is 11.6 Å². The fourth-order valence-corrected chi connectivity index (χ4v) is 5.53. The van der Waals surface area contributed by atoms with Gasteiger partial charge >= 0.3 is 16.3 Å². The van der Waals surface area contributed by atoms with E-state index in [1.807, 2.05) is 0 Å². The normalized spacial score (nSPS) is 22.4. The van der Waals surface area contributed by atoms with E-state index in [1.54, 1.807) is 0 Å². The Morgan fingerprint density at radius 1 is 1.35 bits per heavy atom. The summed E-state index contributed by atoms with van der Waals surface area (Å²) in [6.07, 6.45) is 1.83. The summed E-state index contributed by atoms with van der Waals surface area (Å²) < 4.78 is 33.6. The third-order valence-corrected chi connectivity index (χ3v) is 8.25. The fraction of sp³-hybridized carbons (Fsp3) is 0.550. The highest BCUT2D eigenvalue weighted by Gasteiger charge is 2.56. The lowest BCUT2D eigenvalue weighted by atomic mass is 9.98. The van der Waals surface area contributed by atoms with Gasteiger partial charge in [0.05, 0.1) is 18.4 Å². The van der Waals surface area contributed by atoms with Crippen molar-refractivity contribution >= 4 is 50.3 Å². The third-order valence-electron chi connectivity index (χ3n) is 6.63. The minimum atomic E-state index is -4.97. The molecule has 2 aliphatic heterocycles. The highest BCUT2D eigenvalue weighted by atomic mass is 32.2. The molecule has 0 bridgehead atoms. The maximum Gasteiger partial charge on any atom is 0.362 e. The van der Waals surface area contributed by atoms with Gasteiger partial charge in [-0.05, 0) is 5.92 Å². The van der Waals surface area contributed by atoms with Crippen LogP contribution in [-0.2, 0) is 42.6 Å². The molecule has 0 aromatic carbocycles. The molecule has 1 saturated carbocycles. The van der Waals surface area contributed by atoms with Crippen LogP contribution < -0.4 is 21.7 Å². The number of β-lactam (4-membered cyclic amide) rings is 1. The summed E-state index contributed by atoms with van der Waals surface area (Å²) in [6.45, 7) is 2.79. The Labute approximate surface area is 230 Å². The molecule has 3 aliphatic rings. The molecule has 2 aromatic rings. The van der Waals surface area contributed by atoms with Crippen molar-refractivity contribution in [3.8, 4) is 0 Å². The van der Waals surface area contributed by atoms with Gasteiger partial charge in [0.2, 0.25) is 5.60 Å². The van der Waals surface area contributed by atoms with Gasteiger partial charge in [-0.1, -0.05) is 5.16 Å². The van der Waals surface area contributed by atoms with Crippen molar-refractivity contribution < 1.29 is 37.3 Å². The van der Waals surface area contributed by atoms with E-state index < -0.39 is 51.5 Å². The van der Waals surface area contributed by atoms with Crippen LogP contribution in [0.2, 0.25) is 0 Å². The first-order chi connectivity index (χ1) is 19.0. The third kappa shape index (κ3) is 5.75. The minimum Gasteiger partial charge on any atom is -0.478 e. The predicted molar refractivity (Wildman–Crippen MR) is 136 cm³/mol. The first kappa shape index (κ1) is 27.8. The zero-order valence-corrected chi connectivity index (χ0v) is 22.4. The van der Waals surface area contributed by atoms with Crippen molar-refractivity contribution in [3.63, 3.8) is 0 Å². The number of thiazole rings is 1. The van der Waals surface area contributed by atoms with Gasteiger partial charge in [-0.15, -0.1) is 11.3 Å². The smallest absolute Gasteiger partial charge is 0.362 e. The number of nitrogen functional groups attached to an aromatic ring is 1. The zero-order valence-electron chi connectivity index (χ0n) is 20.8. The quantitative estimate of drug-likeness (QED) is 0.0588. The van der Waals surface area contributed by atoms with Crippen LogP contribution in [0.25, 0.3) is 0 Å². The summed E-state index contributed by atoms with van der Waals surface area (Å²) in [5.41, 5.74) is 4.14. The summed E-state index contributed by atoms with van der Waals surface area (Å²) in [7, 11) is -4.97. The first-order valence-corrected chi connectivity index (χ1v) is 14.4. The van der Waals surface area contributed by atoms with Crippen LogP contribution in [0.1, 0.15) is 24.2 Å². The zero-order chi connectivity index (χ0) is 28.7. The van der Waals surface area contributed by atoms with Crippen LogP contribution in [-0.4, -0.2) is 103 Å². The van der Waals surface area contributed by atoms with Crippen LogP contribution in [0.4, 0.5) is 5.13 Å². The molecule has 20 heteroatoms. The number of aromatic nitrogens is 4. The van der Waals surface area contributed by atoms with Crippen molar-refractivity contribution in [3.05, 3.63) is 23.0 Å². The molecule has 0 unspecified atom stereocenters. The van der Waals surface area contributed by atoms with Crippen molar-refractivity contribution in [2.24, 2.45) is 11.1 Å². The molecule has 2 atom stereocenters. The molecule has 3 fully saturated rings. The summed E-state index contributed by atoms with van der Waals surface area (Å²) in [4.78, 5) is 47.6. The van der Waals surface area contributed by atoms with E-state index in [9.17, 15) is 32.5 Å². The van der Waals surface area contributed by atoms with Gasteiger partial charge < -0.3 is 31.6 Å². The Hall–Kier alpha value is -3.72. The summed E-state index contributed by atoms with van der Waals surface area (Å²) >= 11 is 0.983. The lowest BCUT2D eigenvalue weighted by Gasteiger charge is -2.43. The number of rotatable bonds is 13. The largest absolute Gasteiger partial charge is 0.478 e. The average Bonchev–Trinajstić information content (AvgIpc) is 3.32. The maximum atomic E-state index is 13.2. The number of nitrogens with two attached hydrogens (primary N) is 1. The first-order valence-electron chi connectivity index (χ1n) is 12.1. The number of hydrogen-bond acceptors (Lipinski definition) is 14. The highest BCUT2D eigenvalue weighted by Crippen LogP contribution is 2.40. The SMILES string of the molecule is Nc1nc(C(=NOC2(C(=O)O)CC2)C(=O)N[C@@H]2C(=O)N(S(=O)(=O)O)[C@H]2Cn2ncc(CNCC3CNC3)n2)cs1. The topological polar surface area (TPSA) is 256 Å². The molecule has 2 amide bonds. The van der Waals surface area contributed by atoms with Gasteiger partial charge in [-0.25, -0.2) is 14.1 Å². The van der Waals surface area contributed by atoms with Gasteiger partial charge in [-0.3, -0.25) is 14.1 Å². The van der Waals surface area contributed by atoms with Crippen LogP contribution in [0.5, 0.6) is 0 Å². The maximum absolute atomic E-state index is 13.2. The van der Waals surface area contributed by atoms with Crippen molar-refractivity contribution in [1.29, 1.82) is 0 Å². The minimum absolute atomic E-state index is 0.0419. The number of nitrogens with one attached hydrogen (secondary N) is 3. The Balaban J connectivity index is 1.30.